The van der Waals surface area contributed by atoms with Crippen LogP contribution in [0.2, 0.25) is 0 Å². The monoisotopic (exact) mass is 310 g/mol. The number of pyridine rings is 1. The van der Waals surface area contributed by atoms with Crippen molar-refractivity contribution in [3.63, 3.8) is 0 Å². The van der Waals surface area contributed by atoms with Crippen LogP contribution in [-0.2, 0) is 6.54 Å². The lowest BCUT2D eigenvalue weighted by Gasteiger charge is -2.21. The summed E-state index contributed by atoms with van der Waals surface area (Å²) in [5.41, 5.74) is 10.5. The first-order valence-corrected chi connectivity index (χ1v) is 7.97. The summed E-state index contributed by atoms with van der Waals surface area (Å²) in [5.74, 6) is 0.142. The minimum absolute atomic E-state index is 0.142. The molecule has 0 saturated carbocycles. The number of nitrogen functional groups attached to an aromatic ring is 1. The van der Waals surface area contributed by atoms with Crippen LogP contribution in [-0.4, -0.2) is 29.4 Å². The molecule has 0 aliphatic carbocycles. The van der Waals surface area contributed by atoms with Gasteiger partial charge < -0.3 is 15.5 Å². The number of hydrogen-bond donors (Lipinski definition) is 1. The number of anilines is 3. The third-order valence-corrected chi connectivity index (χ3v) is 4.33. The van der Waals surface area contributed by atoms with Gasteiger partial charge in [-0.3, -0.25) is 9.78 Å². The van der Waals surface area contributed by atoms with Crippen molar-refractivity contribution < 1.29 is 4.79 Å². The Bertz CT molecular complexity index is 729. The van der Waals surface area contributed by atoms with Crippen molar-refractivity contribution in [2.45, 2.75) is 26.3 Å². The van der Waals surface area contributed by atoms with E-state index < -0.39 is 0 Å². The Morgan fingerprint density at radius 3 is 2.91 bits per heavy atom. The largest absolute Gasteiger partial charge is 0.397 e. The fourth-order valence-electron chi connectivity index (χ4n) is 2.92. The van der Waals surface area contributed by atoms with Crippen LogP contribution in [0, 0.1) is 0 Å². The van der Waals surface area contributed by atoms with Gasteiger partial charge in [-0.1, -0.05) is 13.3 Å². The summed E-state index contributed by atoms with van der Waals surface area (Å²) >= 11 is 0. The molecule has 2 aromatic rings. The van der Waals surface area contributed by atoms with Gasteiger partial charge in [-0.15, -0.1) is 0 Å². The maximum absolute atomic E-state index is 12.4. The van der Waals surface area contributed by atoms with Gasteiger partial charge in [-0.25, -0.2) is 0 Å². The van der Waals surface area contributed by atoms with Crippen LogP contribution >= 0.6 is 0 Å². The Hall–Kier alpha value is -2.56. The second-order valence-electron chi connectivity index (χ2n) is 5.92. The summed E-state index contributed by atoms with van der Waals surface area (Å²) in [4.78, 5) is 20.5. The maximum Gasteiger partial charge on any atom is 0.254 e. The molecule has 0 unspecified atom stereocenters. The predicted molar refractivity (Wildman–Crippen MR) is 92.8 cm³/mol. The fourth-order valence-corrected chi connectivity index (χ4v) is 2.92. The maximum atomic E-state index is 12.4. The molecule has 1 amide bonds. The van der Waals surface area contributed by atoms with E-state index in [4.69, 9.17) is 5.73 Å². The molecular formula is C18H22N4O. The predicted octanol–water partition coefficient (Wildman–Crippen LogP) is 3.19. The van der Waals surface area contributed by atoms with Gasteiger partial charge in [-0.2, -0.15) is 0 Å². The van der Waals surface area contributed by atoms with Crippen LogP contribution < -0.4 is 10.6 Å². The van der Waals surface area contributed by atoms with Gasteiger partial charge in [-0.05, 0) is 36.2 Å². The first-order valence-electron chi connectivity index (χ1n) is 7.97. The Labute approximate surface area is 136 Å². The van der Waals surface area contributed by atoms with E-state index in [9.17, 15) is 4.79 Å². The van der Waals surface area contributed by atoms with Crippen LogP contribution in [0.5, 0.6) is 0 Å². The van der Waals surface area contributed by atoms with Gasteiger partial charge in [0.05, 0.1) is 17.6 Å². The lowest BCUT2D eigenvalue weighted by molar-refractivity contribution is 0.0776. The van der Waals surface area contributed by atoms with E-state index in [-0.39, 0.29) is 5.91 Å². The van der Waals surface area contributed by atoms with Crippen LogP contribution in [0.3, 0.4) is 0 Å². The lowest BCUT2D eigenvalue weighted by Crippen LogP contribution is -2.24. The molecule has 2 heterocycles. The van der Waals surface area contributed by atoms with Gasteiger partial charge in [0.1, 0.15) is 0 Å². The van der Waals surface area contributed by atoms with Crippen LogP contribution in [0.25, 0.3) is 0 Å². The highest BCUT2D eigenvalue weighted by molar-refractivity contribution is 5.99. The van der Waals surface area contributed by atoms with E-state index in [1.807, 2.05) is 29.0 Å². The number of unbranched alkanes of at least 4 members (excludes halogenated alkanes) is 1. The second kappa shape index (κ2) is 6.28. The van der Waals surface area contributed by atoms with E-state index in [0.717, 1.165) is 41.9 Å². The summed E-state index contributed by atoms with van der Waals surface area (Å²) in [6, 6.07) is 7.75. The molecule has 3 rings (SSSR count). The average molecular weight is 310 g/mol. The number of fused-ring (bicyclic) bond motifs is 1. The Morgan fingerprint density at radius 2 is 2.17 bits per heavy atom. The number of aromatic nitrogens is 1. The van der Waals surface area contributed by atoms with E-state index in [2.05, 4.69) is 18.0 Å². The first kappa shape index (κ1) is 15.3. The van der Waals surface area contributed by atoms with Gasteiger partial charge in [0.25, 0.3) is 5.91 Å². The quantitative estimate of drug-likeness (QED) is 0.921. The number of amides is 1. The molecule has 1 aromatic heterocycles. The summed E-state index contributed by atoms with van der Waals surface area (Å²) in [6.45, 7) is 3.65. The van der Waals surface area contributed by atoms with Crippen molar-refractivity contribution >= 4 is 23.0 Å². The molecule has 0 bridgehead atoms. The number of carbonyl (C=O) groups is 1. The van der Waals surface area contributed by atoms with E-state index >= 15 is 0 Å². The van der Waals surface area contributed by atoms with Crippen molar-refractivity contribution in [2.75, 3.05) is 24.2 Å². The number of rotatable bonds is 5. The van der Waals surface area contributed by atoms with Gasteiger partial charge in [0.15, 0.2) is 0 Å². The molecule has 0 fully saturated rings. The molecule has 2 N–H and O–H groups in total. The smallest absolute Gasteiger partial charge is 0.254 e. The Kier molecular flexibility index (Phi) is 4.19. The fraction of sp³-hybridized carbons (Fsp3) is 0.333. The molecule has 1 aliphatic rings. The normalized spacial score (nSPS) is 13.3. The number of nitrogens with zero attached hydrogens (tertiary/aromatic N) is 3. The highest BCUT2D eigenvalue weighted by Gasteiger charge is 2.27. The standard InChI is InChI=1S/C18H22N4O/c1-3-4-9-22-12-13-10-14(5-6-15(13)18(22)23)21(2)17-11-20-8-7-16(17)19/h5-8,10-11H,3-4,9,12H2,1-2H3,(H2,19,20). The zero-order valence-corrected chi connectivity index (χ0v) is 13.6. The molecule has 5 nitrogen and oxygen atoms in total. The van der Waals surface area contributed by atoms with E-state index in [0.29, 0.717) is 12.2 Å². The van der Waals surface area contributed by atoms with Gasteiger partial charge in [0.2, 0.25) is 0 Å². The summed E-state index contributed by atoms with van der Waals surface area (Å²) < 4.78 is 0. The molecule has 1 aliphatic heterocycles. The van der Waals surface area contributed by atoms with Crippen molar-refractivity contribution in [2.24, 2.45) is 0 Å². The minimum Gasteiger partial charge on any atom is -0.397 e. The van der Waals surface area contributed by atoms with Crippen LogP contribution in [0.1, 0.15) is 35.7 Å². The van der Waals surface area contributed by atoms with Gasteiger partial charge in [0, 0.05) is 37.6 Å². The highest BCUT2D eigenvalue weighted by atomic mass is 16.2. The van der Waals surface area contributed by atoms with Gasteiger partial charge >= 0.3 is 0 Å². The summed E-state index contributed by atoms with van der Waals surface area (Å²) in [7, 11) is 1.96. The molecule has 0 radical (unpaired) electrons. The Morgan fingerprint density at radius 1 is 1.35 bits per heavy atom. The minimum atomic E-state index is 0.142. The lowest BCUT2D eigenvalue weighted by atomic mass is 10.1. The second-order valence-corrected chi connectivity index (χ2v) is 5.92. The highest BCUT2D eigenvalue weighted by Crippen LogP contribution is 2.32. The number of nitrogens with two attached hydrogens (primary N) is 1. The molecule has 5 heteroatoms. The molecule has 120 valence electrons. The molecule has 23 heavy (non-hydrogen) atoms. The SMILES string of the molecule is CCCCN1Cc2cc(N(C)c3cnccc3N)ccc2C1=O. The zero-order chi connectivity index (χ0) is 16.4. The van der Waals surface area contributed by atoms with Crippen molar-refractivity contribution in [1.82, 2.24) is 9.88 Å². The third kappa shape index (κ3) is 2.86. The molecule has 1 aromatic carbocycles. The van der Waals surface area contributed by atoms with Crippen molar-refractivity contribution in [3.8, 4) is 0 Å². The average Bonchev–Trinajstić information content (AvgIpc) is 2.88. The third-order valence-electron chi connectivity index (χ3n) is 4.33. The van der Waals surface area contributed by atoms with Crippen LogP contribution in [0.4, 0.5) is 17.1 Å². The Balaban J connectivity index is 1.86. The zero-order valence-electron chi connectivity index (χ0n) is 13.6. The number of hydrogen-bond acceptors (Lipinski definition) is 4. The van der Waals surface area contributed by atoms with Crippen molar-refractivity contribution in [3.05, 3.63) is 47.8 Å². The van der Waals surface area contributed by atoms with E-state index in [1.54, 1.807) is 18.5 Å². The molecule has 0 atom stereocenters. The number of benzene rings is 1. The number of carbonyl (C=O) groups excluding carboxylic acids is 1. The van der Waals surface area contributed by atoms with Crippen LogP contribution in [0.15, 0.2) is 36.7 Å². The summed E-state index contributed by atoms with van der Waals surface area (Å²) in [6.07, 6.45) is 5.56. The first-order chi connectivity index (χ1) is 11.1. The van der Waals surface area contributed by atoms with E-state index in [1.165, 1.54) is 0 Å². The summed E-state index contributed by atoms with van der Waals surface area (Å²) in [5, 5.41) is 0. The molecule has 0 spiro atoms. The molecule has 0 saturated heterocycles. The van der Waals surface area contributed by atoms with Crippen molar-refractivity contribution in [1.29, 1.82) is 0 Å². The topological polar surface area (TPSA) is 62.5 Å². The molecular weight excluding hydrogens is 288 g/mol.